The third-order valence-electron chi connectivity index (χ3n) is 1.82. The van der Waals surface area contributed by atoms with Gasteiger partial charge >= 0.3 is 0 Å². The zero-order valence-corrected chi connectivity index (χ0v) is 9.28. The number of aryl methyl sites for hydroxylation is 1. The van der Waals surface area contributed by atoms with E-state index in [1.54, 1.807) is 23.3 Å². The summed E-state index contributed by atoms with van der Waals surface area (Å²) in [6.07, 6.45) is 0.398. The molecule has 0 radical (unpaired) electrons. The lowest BCUT2D eigenvalue weighted by atomic mass is 10.3. The van der Waals surface area contributed by atoms with E-state index in [2.05, 4.69) is 0 Å². The van der Waals surface area contributed by atoms with Crippen molar-refractivity contribution >= 4 is 33.8 Å². The molecule has 0 bridgehead atoms. The van der Waals surface area contributed by atoms with Crippen molar-refractivity contribution in [2.24, 2.45) is 0 Å². The van der Waals surface area contributed by atoms with E-state index in [1.165, 1.54) is 0 Å². The van der Waals surface area contributed by atoms with Crippen LogP contribution in [0.15, 0.2) is 11.4 Å². The molecule has 0 saturated heterocycles. The molecule has 0 aliphatic rings. The average Bonchev–Trinajstić information content (AvgIpc) is 2.50. The Kier molecular flexibility index (Phi) is 3.75. The number of rotatable bonds is 3. The minimum atomic E-state index is 0.0700. The van der Waals surface area contributed by atoms with Crippen LogP contribution in [-0.2, 0) is 4.79 Å². The van der Waals surface area contributed by atoms with Gasteiger partial charge in [0.15, 0.2) is 0 Å². The Balaban J connectivity index is 2.73. The van der Waals surface area contributed by atoms with Crippen LogP contribution in [0.1, 0.15) is 12.0 Å². The van der Waals surface area contributed by atoms with Crippen molar-refractivity contribution in [1.29, 1.82) is 0 Å². The van der Waals surface area contributed by atoms with Crippen LogP contribution in [0.5, 0.6) is 0 Å². The minimum Gasteiger partial charge on any atom is -0.307 e. The zero-order chi connectivity index (χ0) is 9.84. The molecule has 1 heterocycles. The van der Waals surface area contributed by atoms with Crippen molar-refractivity contribution in [3.63, 3.8) is 0 Å². The second kappa shape index (κ2) is 4.63. The quantitative estimate of drug-likeness (QED) is 0.713. The van der Waals surface area contributed by atoms with Crippen LogP contribution in [0.25, 0.3) is 0 Å². The fraction of sp³-hybridized carbons (Fsp3) is 0.444. The van der Waals surface area contributed by atoms with Crippen LogP contribution in [0, 0.1) is 6.92 Å². The molecule has 2 nitrogen and oxygen atoms in total. The summed E-state index contributed by atoms with van der Waals surface area (Å²) >= 11 is 7.07. The molecule has 1 aromatic heterocycles. The highest BCUT2D eigenvalue weighted by molar-refractivity contribution is 7.14. The van der Waals surface area contributed by atoms with Crippen molar-refractivity contribution < 1.29 is 4.79 Å². The highest BCUT2D eigenvalue weighted by Gasteiger charge is 2.12. The number of hydrogen-bond acceptors (Lipinski definition) is 2. The number of amides is 1. The van der Waals surface area contributed by atoms with Gasteiger partial charge in [0.2, 0.25) is 5.91 Å². The predicted molar refractivity (Wildman–Crippen MR) is 57.8 cm³/mol. The summed E-state index contributed by atoms with van der Waals surface area (Å²) in [5.41, 5.74) is 1.13. The lowest BCUT2D eigenvalue weighted by Gasteiger charge is -2.15. The summed E-state index contributed by atoms with van der Waals surface area (Å²) in [4.78, 5) is 13.1. The van der Waals surface area contributed by atoms with E-state index >= 15 is 0 Å². The van der Waals surface area contributed by atoms with Crippen LogP contribution in [-0.4, -0.2) is 18.8 Å². The normalized spacial score (nSPS) is 10.1. The number of nitrogens with zero attached hydrogens (tertiary/aromatic N) is 1. The highest BCUT2D eigenvalue weighted by Crippen LogP contribution is 2.26. The van der Waals surface area contributed by atoms with E-state index in [9.17, 15) is 4.79 Å². The van der Waals surface area contributed by atoms with Crippen molar-refractivity contribution in [1.82, 2.24) is 0 Å². The van der Waals surface area contributed by atoms with E-state index < -0.39 is 0 Å². The summed E-state index contributed by atoms with van der Waals surface area (Å²) in [5, 5.41) is 2.99. The predicted octanol–water partition coefficient (Wildman–Crippen LogP) is 2.65. The number of thiophene rings is 1. The number of anilines is 1. The number of hydrogen-bond donors (Lipinski definition) is 0. The van der Waals surface area contributed by atoms with Gasteiger partial charge in [-0.1, -0.05) is 0 Å². The first-order valence-corrected chi connectivity index (χ1v) is 5.45. The molecule has 1 rings (SSSR count). The maximum Gasteiger partial charge on any atom is 0.228 e. The van der Waals surface area contributed by atoms with E-state index in [4.69, 9.17) is 11.6 Å². The third-order valence-corrected chi connectivity index (χ3v) is 3.10. The molecule has 13 heavy (non-hydrogen) atoms. The molecule has 72 valence electrons. The topological polar surface area (TPSA) is 20.3 Å². The summed E-state index contributed by atoms with van der Waals surface area (Å²) < 4.78 is 0. The molecule has 4 heteroatoms. The van der Waals surface area contributed by atoms with Crippen molar-refractivity contribution in [3.05, 3.63) is 17.0 Å². The van der Waals surface area contributed by atoms with Gasteiger partial charge in [0.1, 0.15) is 5.00 Å². The molecule has 1 amide bonds. The molecule has 0 fully saturated rings. The third kappa shape index (κ3) is 2.45. The van der Waals surface area contributed by atoms with Crippen molar-refractivity contribution in [2.45, 2.75) is 13.3 Å². The molecule has 0 aromatic carbocycles. The smallest absolute Gasteiger partial charge is 0.228 e. The van der Waals surface area contributed by atoms with Crippen LogP contribution in [0.2, 0.25) is 0 Å². The largest absolute Gasteiger partial charge is 0.307 e. The number of halogens is 1. The van der Waals surface area contributed by atoms with Gasteiger partial charge in [0.25, 0.3) is 0 Å². The first-order valence-electron chi connectivity index (χ1n) is 4.03. The Hall–Kier alpha value is -0.540. The molecule has 0 atom stereocenters. The van der Waals surface area contributed by atoms with Crippen molar-refractivity contribution in [2.75, 3.05) is 17.8 Å². The Morgan fingerprint density at radius 2 is 2.38 bits per heavy atom. The second-order valence-corrected chi connectivity index (χ2v) is 4.07. The monoisotopic (exact) mass is 217 g/mol. The molecule has 0 spiro atoms. The Morgan fingerprint density at radius 3 is 2.85 bits per heavy atom. The summed E-state index contributed by atoms with van der Waals surface area (Å²) in [7, 11) is 1.79. The fourth-order valence-electron chi connectivity index (χ4n) is 1.07. The Morgan fingerprint density at radius 1 is 1.69 bits per heavy atom. The lowest BCUT2D eigenvalue weighted by Crippen LogP contribution is -2.25. The van der Waals surface area contributed by atoms with Gasteiger partial charge in [0.05, 0.1) is 0 Å². The standard InChI is InChI=1S/C9H12ClNOS/c1-7-4-6-13-9(7)11(2)8(12)3-5-10/h4,6H,3,5H2,1-2H3. The van der Waals surface area contributed by atoms with E-state index in [1.807, 2.05) is 18.4 Å². The first kappa shape index (κ1) is 10.5. The summed E-state index contributed by atoms with van der Waals surface area (Å²) in [6.45, 7) is 2.00. The number of carbonyl (C=O) groups is 1. The van der Waals surface area contributed by atoms with Gasteiger partial charge in [-0.05, 0) is 23.9 Å². The first-order chi connectivity index (χ1) is 6.16. The van der Waals surface area contributed by atoms with Crippen LogP contribution < -0.4 is 4.90 Å². The lowest BCUT2D eigenvalue weighted by molar-refractivity contribution is -0.117. The van der Waals surface area contributed by atoms with Crippen LogP contribution in [0.3, 0.4) is 0 Å². The highest BCUT2D eigenvalue weighted by atomic mass is 35.5. The van der Waals surface area contributed by atoms with E-state index in [0.29, 0.717) is 12.3 Å². The zero-order valence-electron chi connectivity index (χ0n) is 7.71. The molecule has 1 aromatic rings. The molecule has 0 saturated carbocycles. The Bertz CT molecular complexity index is 298. The fourth-order valence-corrected chi connectivity index (χ4v) is 2.15. The van der Waals surface area contributed by atoms with Gasteiger partial charge in [-0.3, -0.25) is 4.79 Å². The maximum absolute atomic E-state index is 11.4. The summed E-state index contributed by atoms with van der Waals surface area (Å²) in [6, 6.07) is 2.00. The van der Waals surface area contributed by atoms with Crippen molar-refractivity contribution in [3.8, 4) is 0 Å². The van der Waals surface area contributed by atoms with Gasteiger partial charge < -0.3 is 4.90 Å². The van der Waals surface area contributed by atoms with Gasteiger partial charge in [-0.2, -0.15) is 0 Å². The number of alkyl halides is 1. The van der Waals surface area contributed by atoms with E-state index in [-0.39, 0.29) is 5.91 Å². The van der Waals surface area contributed by atoms with Gasteiger partial charge in [-0.25, -0.2) is 0 Å². The van der Waals surface area contributed by atoms with E-state index in [0.717, 1.165) is 10.6 Å². The molecular formula is C9H12ClNOS. The summed E-state index contributed by atoms with van der Waals surface area (Å²) in [5.74, 6) is 0.452. The Labute approximate surface area is 87.1 Å². The van der Waals surface area contributed by atoms with Crippen LogP contribution in [0.4, 0.5) is 5.00 Å². The maximum atomic E-state index is 11.4. The van der Waals surface area contributed by atoms with Gasteiger partial charge in [0, 0.05) is 19.3 Å². The average molecular weight is 218 g/mol. The minimum absolute atomic E-state index is 0.0700. The SMILES string of the molecule is Cc1ccsc1N(C)C(=O)CCCl. The molecule has 0 aliphatic carbocycles. The van der Waals surface area contributed by atoms with Crippen LogP contribution >= 0.6 is 22.9 Å². The molecular weight excluding hydrogens is 206 g/mol. The second-order valence-electron chi connectivity index (χ2n) is 2.80. The molecule has 0 unspecified atom stereocenters. The molecule has 0 N–H and O–H groups in total. The van der Waals surface area contributed by atoms with Gasteiger partial charge in [-0.15, -0.1) is 22.9 Å². The molecule has 0 aliphatic heterocycles. The number of carbonyl (C=O) groups excluding carboxylic acids is 1.